The van der Waals surface area contributed by atoms with Crippen LogP contribution >= 0.6 is 23.4 Å². The Morgan fingerprint density at radius 2 is 2.12 bits per heavy atom. The van der Waals surface area contributed by atoms with Crippen molar-refractivity contribution in [1.29, 1.82) is 0 Å². The van der Waals surface area contributed by atoms with Gasteiger partial charge in [-0.3, -0.25) is 4.79 Å². The summed E-state index contributed by atoms with van der Waals surface area (Å²) in [5.74, 6) is -0.538. The van der Waals surface area contributed by atoms with Gasteiger partial charge in [-0.2, -0.15) is 0 Å². The normalized spacial score (nSPS) is 11.4. The molecule has 1 rings (SSSR count). The number of anilines is 1. The molecule has 0 atom stereocenters. The van der Waals surface area contributed by atoms with Crippen molar-refractivity contribution in [1.82, 2.24) is 0 Å². The SMILES string of the molecule is CC(C)(C)SCC(=O)Nc1cccc(Cl)c1F. The molecule has 0 radical (unpaired) electrons. The minimum atomic E-state index is -0.594. The summed E-state index contributed by atoms with van der Waals surface area (Å²) >= 11 is 7.12. The van der Waals surface area contributed by atoms with Crippen LogP contribution in [0.4, 0.5) is 10.1 Å². The fourth-order valence-corrected chi connectivity index (χ4v) is 1.88. The summed E-state index contributed by atoms with van der Waals surface area (Å²) in [6, 6.07) is 4.52. The molecule has 0 saturated heterocycles. The van der Waals surface area contributed by atoms with E-state index in [2.05, 4.69) is 5.32 Å². The lowest BCUT2D eigenvalue weighted by Gasteiger charge is -2.17. The number of hydrogen-bond acceptors (Lipinski definition) is 2. The number of carbonyl (C=O) groups is 1. The minimum Gasteiger partial charge on any atom is -0.323 e. The maximum atomic E-state index is 13.5. The van der Waals surface area contributed by atoms with Crippen LogP contribution in [-0.2, 0) is 4.79 Å². The monoisotopic (exact) mass is 275 g/mol. The summed E-state index contributed by atoms with van der Waals surface area (Å²) in [5, 5.41) is 2.51. The van der Waals surface area contributed by atoms with Crippen molar-refractivity contribution in [3.63, 3.8) is 0 Å². The number of thioether (sulfide) groups is 1. The summed E-state index contributed by atoms with van der Waals surface area (Å²) in [5.41, 5.74) is 0.122. The molecule has 2 nitrogen and oxygen atoms in total. The third-order valence-electron chi connectivity index (χ3n) is 1.86. The summed E-state index contributed by atoms with van der Waals surface area (Å²) in [6.45, 7) is 6.06. The largest absolute Gasteiger partial charge is 0.323 e. The van der Waals surface area contributed by atoms with Crippen molar-refractivity contribution in [3.8, 4) is 0 Å². The van der Waals surface area contributed by atoms with Gasteiger partial charge in [-0.15, -0.1) is 11.8 Å². The molecule has 17 heavy (non-hydrogen) atoms. The van der Waals surface area contributed by atoms with Gasteiger partial charge in [0.15, 0.2) is 5.82 Å². The first-order valence-corrected chi connectivity index (χ1v) is 6.54. The zero-order valence-corrected chi connectivity index (χ0v) is 11.6. The smallest absolute Gasteiger partial charge is 0.234 e. The molecule has 0 heterocycles. The van der Waals surface area contributed by atoms with Crippen molar-refractivity contribution < 1.29 is 9.18 Å². The van der Waals surface area contributed by atoms with Gasteiger partial charge in [-0.25, -0.2) is 4.39 Å². The first-order valence-electron chi connectivity index (χ1n) is 5.17. The molecule has 0 bridgehead atoms. The van der Waals surface area contributed by atoms with Gasteiger partial charge in [0, 0.05) is 4.75 Å². The van der Waals surface area contributed by atoms with Gasteiger partial charge in [-0.1, -0.05) is 38.4 Å². The zero-order chi connectivity index (χ0) is 13.1. The Balaban J connectivity index is 2.60. The molecule has 1 aromatic carbocycles. The van der Waals surface area contributed by atoms with Crippen LogP contribution in [0, 0.1) is 5.82 Å². The molecule has 94 valence electrons. The number of amides is 1. The molecule has 0 spiro atoms. The van der Waals surface area contributed by atoms with Gasteiger partial charge in [0.2, 0.25) is 5.91 Å². The van der Waals surface area contributed by atoms with Crippen molar-refractivity contribution in [2.45, 2.75) is 25.5 Å². The number of carbonyl (C=O) groups excluding carboxylic acids is 1. The Hall–Kier alpha value is -0.740. The lowest BCUT2D eigenvalue weighted by molar-refractivity contribution is -0.113. The van der Waals surface area contributed by atoms with Gasteiger partial charge in [-0.05, 0) is 12.1 Å². The number of benzene rings is 1. The molecular formula is C12H15ClFNOS. The molecule has 0 unspecified atom stereocenters. The van der Waals surface area contributed by atoms with Crippen LogP contribution in [0.2, 0.25) is 5.02 Å². The predicted molar refractivity (Wildman–Crippen MR) is 72.3 cm³/mol. The molecule has 5 heteroatoms. The molecule has 1 N–H and O–H groups in total. The van der Waals surface area contributed by atoms with E-state index in [1.807, 2.05) is 20.8 Å². The standard InChI is InChI=1S/C12H15ClFNOS/c1-12(2,3)17-7-10(16)15-9-6-4-5-8(13)11(9)14/h4-6H,7H2,1-3H3,(H,15,16). The maximum absolute atomic E-state index is 13.5. The molecule has 0 aromatic heterocycles. The van der Waals surface area contributed by atoms with Crippen LogP contribution in [-0.4, -0.2) is 16.4 Å². The number of halogens is 2. The predicted octanol–water partition coefficient (Wildman–Crippen LogP) is 3.95. The third-order valence-corrected chi connectivity index (χ3v) is 3.43. The minimum absolute atomic E-state index is 0.00418. The lowest BCUT2D eigenvalue weighted by Crippen LogP contribution is -2.19. The summed E-state index contributed by atoms with van der Waals surface area (Å²) in [4.78, 5) is 11.6. The van der Waals surface area contributed by atoms with E-state index >= 15 is 0 Å². The van der Waals surface area contributed by atoms with Gasteiger partial charge in [0.1, 0.15) is 0 Å². The Labute approximate surface area is 110 Å². The Morgan fingerprint density at radius 3 is 2.71 bits per heavy atom. The van der Waals surface area contributed by atoms with E-state index in [1.54, 1.807) is 6.07 Å². The topological polar surface area (TPSA) is 29.1 Å². The summed E-state index contributed by atoms with van der Waals surface area (Å²) in [6.07, 6.45) is 0. The first kappa shape index (κ1) is 14.3. The summed E-state index contributed by atoms with van der Waals surface area (Å²) in [7, 11) is 0. The summed E-state index contributed by atoms with van der Waals surface area (Å²) < 4.78 is 13.5. The van der Waals surface area contributed by atoms with Gasteiger partial charge in [0.05, 0.1) is 16.5 Å². The van der Waals surface area contributed by atoms with E-state index in [-0.39, 0.29) is 27.1 Å². The fourth-order valence-electron chi connectivity index (χ4n) is 1.07. The van der Waals surface area contributed by atoms with Crippen LogP contribution in [0.15, 0.2) is 18.2 Å². The van der Waals surface area contributed by atoms with Crippen molar-refractivity contribution in [3.05, 3.63) is 29.0 Å². The Morgan fingerprint density at radius 1 is 1.47 bits per heavy atom. The molecule has 1 aromatic rings. The van der Waals surface area contributed by atoms with Crippen molar-refractivity contribution in [2.24, 2.45) is 0 Å². The number of hydrogen-bond donors (Lipinski definition) is 1. The second-order valence-electron chi connectivity index (χ2n) is 4.55. The highest BCUT2D eigenvalue weighted by molar-refractivity contribution is 8.01. The van der Waals surface area contributed by atoms with Crippen LogP contribution in [0.1, 0.15) is 20.8 Å². The third kappa shape index (κ3) is 4.96. The highest BCUT2D eigenvalue weighted by Gasteiger charge is 2.15. The maximum Gasteiger partial charge on any atom is 0.234 e. The van der Waals surface area contributed by atoms with Crippen LogP contribution < -0.4 is 5.32 Å². The fraction of sp³-hybridized carbons (Fsp3) is 0.417. The molecule has 0 aliphatic rings. The second-order valence-corrected chi connectivity index (χ2v) is 6.76. The van der Waals surface area contributed by atoms with Crippen LogP contribution in [0.25, 0.3) is 0 Å². The van der Waals surface area contributed by atoms with E-state index in [0.29, 0.717) is 0 Å². The van der Waals surface area contributed by atoms with E-state index in [4.69, 9.17) is 11.6 Å². The van der Waals surface area contributed by atoms with Crippen LogP contribution in [0.3, 0.4) is 0 Å². The molecule has 0 aliphatic carbocycles. The number of rotatable bonds is 3. The average Bonchev–Trinajstić information content (AvgIpc) is 2.21. The Bertz CT molecular complexity index is 417. The van der Waals surface area contributed by atoms with Gasteiger partial charge >= 0.3 is 0 Å². The molecule has 0 aliphatic heterocycles. The van der Waals surface area contributed by atoms with Gasteiger partial charge in [0.25, 0.3) is 0 Å². The molecule has 1 amide bonds. The second kappa shape index (κ2) is 5.74. The van der Waals surface area contributed by atoms with E-state index in [0.717, 1.165) is 0 Å². The van der Waals surface area contributed by atoms with Crippen molar-refractivity contribution >= 4 is 35.0 Å². The van der Waals surface area contributed by atoms with E-state index in [1.165, 1.54) is 23.9 Å². The lowest BCUT2D eigenvalue weighted by atomic mass is 10.3. The average molecular weight is 276 g/mol. The number of nitrogens with one attached hydrogen (secondary N) is 1. The highest BCUT2D eigenvalue weighted by Crippen LogP contribution is 2.25. The van der Waals surface area contributed by atoms with Crippen LogP contribution in [0.5, 0.6) is 0 Å². The molecule has 0 fully saturated rings. The highest BCUT2D eigenvalue weighted by atomic mass is 35.5. The van der Waals surface area contributed by atoms with Gasteiger partial charge < -0.3 is 5.32 Å². The quantitative estimate of drug-likeness (QED) is 0.905. The molecular weight excluding hydrogens is 261 g/mol. The van der Waals surface area contributed by atoms with E-state index in [9.17, 15) is 9.18 Å². The Kier molecular flexibility index (Phi) is 4.83. The van der Waals surface area contributed by atoms with E-state index < -0.39 is 5.82 Å². The first-order chi connectivity index (χ1) is 7.79. The molecule has 0 saturated carbocycles. The van der Waals surface area contributed by atoms with Crippen molar-refractivity contribution in [2.75, 3.05) is 11.1 Å². The zero-order valence-electron chi connectivity index (χ0n) is 10.0.